The van der Waals surface area contributed by atoms with Gasteiger partial charge in [0.15, 0.2) is 0 Å². The molecule has 0 saturated carbocycles. The molecule has 0 aliphatic carbocycles. The van der Waals surface area contributed by atoms with Crippen LogP contribution in [0, 0.1) is 5.41 Å². The summed E-state index contributed by atoms with van der Waals surface area (Å²) in [6.07, 6.45) is 3.32. The van der Waals surface area contributed by atoms with Crippen molar-refractivity contribution in [3.8, 4) is 0 Å². The van der Waals surface area contributed by atoms with Crippen molar-refractivity contribution in [2.75, 3.05) is 6.61 Å². The fourth-order valence-corrected chi connectivity index (χ4v) is 7.39. The van der Waals surface area contributed by atoms with Gasteiger partial charge < -0.3 is 10.2 Å². The van der Waals surface area contributed by atoms with E-state index < -0.39 is 11.0 Å². The van der Waals surface area contributed by atoms with Crippen LogP contribution in [0.1, 0.15) is 209 Å². The van der Waals surface area contributed by atoms with Crippen LogP contribution in [0.3, 0.4) is 0 Å². The summed E-state index contributed by atoms with van der Waals surface area (Å²) in [5, 5.41) is 26.5. The van der Waals surface area contributed by atoms with Crippen LogP contribution in [0.15, 0.2) is 24.3 Å². The first kappa shape index (κ1) is 41.5. The minimum Gasteiger partial charge on any atom is -0.396 e. The van der Waals surface area contributed by atoms with E-state index in [0.717, 1.165) is 30.4 Å². The van der Waals surface area contributed by atoms with Crippen LogP contribution in [0.4, 0.5) is 0 Å². The Balaban J connectivity index is 3.72. The topological polar surface area (TPSA) is 40.5 Å². The Morgan fingerprint density at radius 1 is 0.468 bits per heavy atom. The van der Waals surface area contributed by atoms with E-state index in [9.17, 15) is 10.2 Å². The van der Waals surface area contributed by atoms with Crippen molar-refractivity contribution in [1.29, 1.82) is 0 Å². The lowest BCUT2D eigenvalue weighted by atomic mass is 9.53. The average molecular weight is 649 g/mol. The smallest absolute Gasteiger partial charge is 0.124 e. The van der Waals surface area contributed by atoms with Crippen molar-refractivity contribution in [1.82, 2.24) is 0 Å². The lowest BCUT2D eigenvalue weighted by Crippen LogP contribution is -2.53. The lowest BCUT2D eigenvalue weighted by Gasteiger charge is -2.53. The van der Waals surface area contributed by atoms with Gasteiger partial charge in [-0.25, -0.2) is 0 Å². The van der Waals surface area contributed by atoms with Crippen LogP contribution < -0.4 is 0 Å². The third kappa shape index (κ3) is 8.23. The SMILES string of the molecule is CCCCC(CC)(CO)C(O)(c1c(C(C)(C)C)cc(C(C)(C)C)cc1C(C)(C)C)c1c(C(C)(C)C)cc(C(C)(C)C)cc1C(C)(C)C. The number of rotatable bonds is 8. The maximum absolute atomic E-state index is 14.7. The minimum absolute atomic E-state index is 0.0703. The molecule has 0 radical (unpaired) electrons. The van der Waals surface area contributed by atoms with E-state index in [2.05, 4.69) is 163 Å². The van der Waals surface area contributed by atoms with Crippen LogP contribution in [0.25, 0.3) is 0 Å². The molecule has 2 N–H and O–H groups in total. The quantitative estimate of drug-likeness (QED) is 0.299. The number of benzene rings is 2. The van der Waals surface area contributed by atoms with Gasteiger partial charge in [0.05, 0.1) is 6.61 Å². The Morgan fingerprint density at radius 2 is 0.745 bits per heavy atom. The third-order valence-corrected chi connectivity index (χ3v) is 10.7. The maximum Gasteiger partial charge on any atom is 0.124 e. The summed E-state index contributed by atoms with van der Waals surface area (Å²) in [4.78, 5) is 0. The standard InChI is InChI=1S/C45H76O2/c1-21-23-24-44(22-2,29-46)45(47,36-32(40(9,10)11)25-30(38(3,4)5)26-33(36)41(12,13)14)37-34(42(15,16)17)27-31(39(6,7)8)28-35(37)43(18,19)20/h25-28,46-47H,21-24,29H2,1-20H3. The van der Waals surface area contributed by atoms with Crippen LogP contribution in [-0.4, -0.2) is 16.8 Å². The molecule has 0 bridgehead atoms. The highest BCUT2D eigenvalue weighted by Crippen LogP contribution is 2.59. The average Bonchev–Trinajstić information content (AvgIpc) is 2.89. The zero-order valence-corrected chi connectivity index (χ0v) is 34.7. The van der Waals surface area contributed by atoms with Crippen molar-refractivity contribution in [2.45, 2.75) is 202 Å². The first-order valence-electron chi connectivity index (χ1n) is 18.6. The second-order valence-corrected chi connectivity index (χ2v) is 21.0. The first-order chi connectivity index (χ1) is 20.8. The molecule has 0 aliphatic rings. The molecule has 268 valence electrons. The van der Waals surface area contributed by atoms with Gasteiger partial charge in [-0.1, -0.05) is 176 Å². The van der Waals surface area contributed by atoms with E-state index in [0.29, 0.717) is 6.42 Å². The van der Waals surface area contributed by atoms with Gasteiger partial charge in [-0.05, 0) is 89.8 Å². The highest BCUT2D eigenvalue weighted by atomic mass is 16.3. The predicted molar refractivity (Wildman–Crippen MR) is 207 cm³/mol. The summed E-state index contributed by atoms with van der Waals surface area (Å²) in [6, 6.07) is 9.57. The predicted octanol–water partition coefficient (Wildman–Crippen LogP) is 12.3. The van der Waals surface area contributed by atoms with Crippen molar-refractivity contribution < 1.29 is 10.2 Å². The third-order valence-electron chi connectivity index (χ3n) is 10.7. The summed E-state index contributed by atoms with van der Waals surface area (Å²) in [5.41, 5.74) is 5.83. The van der Waals surface area contributed by atoms with Crippen molar-refractivity contribution in [3.05, 3.63) is 68.8 Å². The molecule has 0 saturated heterocycles. The Labute approximate surface area is 292 Å². The molecule has 0 aromatic heterocycles. The van der Waals surface area contributed by atoms with E-state index in [-0.39, 0.29) is 39.1 Å². The summed E-state index contributed by atoms with van der Waals surface area (Å²) >= 11 is 0. The molecule has 2 nitrogen and oxygen atoms in total. The molecule has 0 spiro atoms. The second-order valence-electron chi connectivity index (χ2n) is 21.0. The van der Waals surface area contributed by atoms with Crippen molar-refractivity contribution in [2.24, 2.45) is 5.41 Å². The van der Waals surface area contributed by atoms with E-state index in [1.165, 1.54) is 33.4 Å². The molecule has 2 rings (SSSR count). The van der Waals surface area contributed by atoms with Crippen LogP contribution in [-0.2, 0) is 38.1 Å². The van der Waals surface area contributed by atoms with Crippen LogP contribution in [0.5, 0.6) is 0 Å². The van der Waals surface area contributed by atoms with E-state index in [1.54, 1.807) is 0 Å². The van der Waals surface area contributed by atoms with Crippen molar-refractivity contribution >= 4 is 0 Å². The van der Waals surface area contributed by atoms with Gasteiger partial charge in [-0.2, -0.15) is 0 Å². The van der Waals surface area contributed by atoms with Gasteiger partial charge in [-0.15, -0.1) is 0 Å². The second kappa shape index (κ2) is 13.2. The molecule has 1 atom stereocenters. The van der Waals surface area contributed by atoms with Gasteiger partial charge in [0.1, 0.15) is 5.60 Å². The largest absolute Gasteiger partial charge is 0.396 e. The molecule has 0 amide bonds. The molecular weight excluding hydrogens is 572 g/mol. The fraction of sp³-hybridized carbons (Fsp3) is 0.733. The number of unbranched alkanes of at least 4 members (excludes halogenated alkanes) is 1. The number of hydrogen-bond acceptors (Lipinski definition) is 2. The molecule has 2 heteroatoms. The summed E-state index contributed by atoms with van der Waals surface area (Å²) in [7, 11) is 0. The highest BCUT2D eigenvalue weighted by Gasteiger charge is 2.57. The van der Waals surface area contributed by atoms with Crippen LogP contribution >= 0.6 is 0 Å². The maximum atomic E-state index is 14.7. The fourth-order valence-electron chi connectivity index (χ4n) is 7.39. The highest BCUT2D eigenvalue weighted by molar-refractivity contribution is 5.61. The normalized spacial score (nSPS) is 15.6. The molecule has 0 aliphatic heterocycles. The molecule has 47 heavy (non-hydrogen) atoms. The number of hydrogen-bond donors (Lipinski definition) is 2. The lowest BCUT2D eigenvalue weighted by molar-refractivity contribution is -0.0987. The zero-order valence-electron chi connectivity index (χ0n) is 34.7. The Morgan fingerprint density at radius 3 is 0.915 bits per heavy atom. The van der Waals surface area contributed by atoms with Gasteiger partial charge in [0.2, 0.25) is 0 Å². The van der Waals surface area contributed by atoms with Gasteiger partial charge in [0.25, 0.3) is 0 Å². The Kier molecular flexibility index (Phi) is 11.7. The Bertz CT molecular complexity index is 1210. The first-order valence-corrected chi connectivity index (χ1v) is 18.6. The number of aliphatic hydroxyl groups excluding tert-OH is 1. The monoisotopic (exact) mass is 649 g/mol. The summed E-state index contributed by atoms with van der Waals surface area (Å²) in [6.45, 7) is 45.6. The minimum atomic E-state index is -1.48. The molecule has 0 heterocycles. The van der Waals surface area contributed by atoms with Crippen LogP contribution in [0.2, 0.25) is 0 Å². The summed E-state index contributed by atoms with van der Waals surface area (Å²) < 4.78 is 0. The molecule has 0 fully saturated rings. The van der Waals surface area contributed by atoms with E-state index >= 15 is 0 Å². The molecule has 1 unspecified atom stereocenters. The Hall–Kier alpha value is -1.64. The van der Waals surface area contributed by atoms with Crippen molar-refractivity contribution in [3.63, 3.8) is 0 Å². The zero-order chi connectivity index (χ0) is 37.0. The molecular formula is C45H76O2. The van der Waals surface area contributed by atoms with E-state index in [1.807, 2.05) is 0 Å². The van der Waals surface area contributed by atoms with E-state index in [4.69, 9.17) is 0 Å². The van der Waals surface area contributed by atoms with Gasteiger partial charge in [0, 0.05) is 5.41 Å². The van der Waals surface area contributed by atoms with Gasteiger partial charge in [-0.3, -0.25) is 0 Å². The molecule has 2 aromatic carbocycles. The molecule has 2 aromatic rings. The summed E-state index contributed by atoms with van der Waals surface area (Å²) in [5.74, 6) is 0. The number of aliphatic hydroxyl groups is 2. The van der Waals surface area contributed by atoms with Gasteiger partial charge >= 0.3 is 0 Å².